The van der Waals surface area contributed by atoms with Gasteiger partial charge in [-0.15, -0.1) is 0 Å². The van der Waals surface area contributed by atoms with E-state index in [9.17, 15) is 4.79 Å². The first-order chi connectivity index (χ1) is 18.2. The fourth-order valence-electron chi connectivity index (χ4n) is 6.59. The van der Waals surface area contributed by atoms with Crippen LogP contribution < -0.4 is 0 Å². The van der Waals surface area contributed by atoms with Crippen LogP contribution in [0.2, 0.25) is 0 Å². The minimum Gasteiger partial charge on any atom is -0.348 e. The van der Waals surface area contributed by atoms with Crippen molar-refractivity contribution in [3.8, 4) is 0 Å². The van der Waals surface area contributed by atoms with Gasteiger partial charge in [0, 0.05) is 61.4 Å². The number of nitrogens with zero attached hydrogens (tertiary/aromatic N) is 5. The number of carbonyl (C=O) groups is 1. The summed E-state index contributed by atoms with van der Waals surface area (Å²) in [7, 11) is 0. The van der Waals surface area contributed by atoms with Crippen molar-refractivity contribution in [2.24, 2.45) is 5.41 Å². The molecule has 196 valence electrons. The summed E-state index contributed by atoms with van der Waals surface area (Å²) in [6.45, 7) is 6.42. The second-order valence-corrected chi connectivity index (χ2v) is 11.4. The second-order valence-electron chi connectivity index (χ2n) is 11.4. The van der Waals surface area contributed by atoms with Crippen LogP contribution in [0.15, 0.2) is 49.1 Å². The highest BCUT2D eigenvalue weighted by molar-refractivity contribution is 5.94. The Labute approximate surface area is 219 Å². The molecule has 2 aromatic heterocycles. The van der Waals surface area contributed by atoms with Crippen LogP contribution in [0.3, 0.4) is 0 Å². The molecule has 0 bridgehead atoms. The lowest BCUT2D eigenvalue weighted by Gasteiger charge is -2.55. The minimum atomic E-state index is 0.176. The van der Waals surface area contributed by atoms with Crippen molar-refractivity contribution in [2.75, 3.05) is 26.2 Å². The number of aromatic nitrogens is 4. The third kappa shape index (κ3) is 5.65. The number of imidazole rings is 2. The van der Waals surface area contributed by atoms with E-state index in [4.69, 9.17) is 0 Å². The molecule has 0 unspecified atom stereocenters. The summed E-state index contributed by atoms with van der Waals surface area (Å²) < 4.78 is 0. The summed E-state index contributed by atoms with van der Waals surface area (Å²) in [6, 6.07) is 8.97. The lowest BCUT2D eigenvalue weighted by atomic mass is 9.71. The van der Waals surface area contributed by atoms with Crippen LogP contribution in [-0.4, -0.2) is 72.8 Å². The normalized spacial score (nSPS) is 20.4. The highest BCUT2D eigenvalue weighted by atomic mass is 16.2. The fourth-order valence-corrected chi connectivity index (χ4v) is 6.59. The average molecular weight is 502 g/mol. The topological polar surface area (TPSA) is 84.1 Å². The first kappa shape index (κ1) is 24.4. The Balaban J connectivity index is 1.02. The summed E-state index contributed by atoms with van der Waals surface area (Å²) in [5.41, 5.74) is 2.32. The number of hydrogen-bond acceptors (Lipinski definition) is 5. The monoisotopic (exact) mass is 501 g/mol. The molecule has 1 spiro atoms. The van der Waals surface area contributed by atoms with Gasteiger partial charge in [-0.1, -0.05) is 31.4 Å². The van der Waals surface area contributed by atoms with E-state index < -0.39 is 0 Å². The fraction of sp³-hybridized carbons (Fsp3) is 0.552. The number of H-pyrrole nitrogens is 2. The molecule has 3 aromatic rings. The van der Waals surface area contributed by atoms with Gasteiger partial charge in [-0.3, -0.25) is 9.69 Å². The van der Waals surface area contributed by atoms with Gasteiger partial charge in [0.2, 0.25) is 0 Å². The number of likely N-dealkylation sites (tertiary alicyclic amines) is 2. The summed E-state index contributed by atoms with van der Waals surface area (Å²) in [4.78, 5) is 35.4. The molecule has 4 heterocycles. The van der Waals surface area contributed by atoms with Crippen molar-refractivity contribution >= 4 is 5.91 Å². The number of nitrogens with one attached hydrogen (secondary N) is 2. The van der Waals surface area contributed by atoms with Crippen LogP contribution in [0.5, 0.6) is 0 Å². The Hall–Kier alpha value is -2.97. The summed E-state index contributed by atoms with van der Waals surface area (Å²) in [6.07, 6.45) is 16.7. The van der Waals surface area contributed by atoms with Crippen molar-refractivity contribution in [2.45, 2.75) is 70.6 Å². The number of carbonyl (C=O) groups excluding carboxylic acids is 1. The molecule has 1 aromatic carbocycles. The highest BCUT2D eigenvalue weighted by Gasteiger charge is 2.47. The molecule has 1 saturated carbocycles. The second kappa shape index (κ2) is 10.8. The molecule has 1 amide bonds. The standard InChI is InChI=1S/C29H39N7O/c37-28(36-21-29(22-36)10-16-35(17-11-29)25-4-2-1-3-5-25)24-8-6-23(7-9-24)18-34(19-26-30-12-13-31-26)20-27-32-14-15-33-27/h6-9,12-15,25H,1-5,10-11,16-22H2,(H,30,31)(H,32,33). The van der Waals surface area contributed by atoms with Gasteiger partial charge in [0.15, 0.2) is 0 Å². The van der Waals surface area contributed by atoms with E-state index in [1.807, 2.05) is 24.5 Å². The average Bonchev–Trinajstić information content (AvgIpc) is 3.63. The molecular weight excluding hydrogens is 462 g/mol. The van der Waals surface area contributed by atoms with Gasteiger partial charge in [-0.05, 0) is 56.5 Å². The maximum Gasteiger partial charge on any atom is 0.253 e. The van der Waals surface area contributed by atoms with Gasteiger partial charge >= 0.3 is 0 Å². The third-order valence-corrected chi connectivity index (χ3v) is 8.75. The molecule has 2 saturated heterocycles. The quantitative estimate of drug-likeness (QED) is 0.483. The first-order valence-corrected chi connectivity index (χ1v) is 14.0. The van der Waals surface area contributed by atoms with Gasteiger partial charge in [0.1, 0.15) is 11.6 Å². The molecule has 6 rings (SSSR count). The minimum absolute atomic E-state index is 0.176. The Morgan fingerprint density at radius 3 is 2.08 bits per heavy atom. The summed E-state index contributed by atoms with van der Waals surface area (Å²) >= 11 is 0. The van der Waals surface area contributed by atoms with E-state index >= 15 is 0 Å². The van der Waals surface area contributed by atoms with Gasteiger partial charge in [0.05, 0.1) is 13.1 Å². The van der Waals surface area contributed by atoms with Crippen molar-refractivity contribution in [1.29, 1.82) is 0 Å². The lowest BCUT2D eigenvalue weighted by molar-refractivity contribution is -0.0423. The van der Waals surface area contributed by atoms with Crippen LogP contribution in [0.25, 0.3) is 0 Å². The summed E-state index contributed by atoms with van der Waals surface area (Å²) in [5.74, 6) is 2.03. The van der Waals surface area contributed by atoms with Gasteiger partial charge in [-0.25, -0.2) is 9.97 Å². The summed E-state index contributed by atoms with van der Waals surface area (Å²) in [5, 5.41) is 0. The Kier molecular flexibility index (Phi) is 7.11. The largest absolute Gasteiger partial charge is 0.348 e. The van der Waals surface area contributed by atoms with E-state index in [-0.39, 0.29) is 5.91 Å². The number of aromatic amines is 2. The molecule has 2 N–H and O–H groups in total. The molecule has 37 heavy (non-hydrogen) atoms. The highest BCUT2D eigenvalue weighted by Crippen LogP contribution is 2.42. The van der Waals surface area contributed by atoms with Crippen LogP contribution >= 0.6 is 0 Å². The Bertz CT molecular complexity index is 1080. The predicted molar refractivity (Wildman–Crippen MR) is 143 cm³/mol. The molecule has 1 aliphatic carbocycles. The molecule has 2 aliphatic heterocycles. The number of amides is 1. The van der Waals surface area contributed by atoms with Crippen molar-refractivity contribution in [3.05, 3.63) is 71.8 Å². The van der Waals surface area contributed by atoms with Crippen molar-refractivity contribution in [1.82, 2.24) is 34.6 Å². The van der Waals surface area contributed by atoms with E-state index in [1.54, 1.807) is 12.4 Å². The molecule has 8 heteroatoms. The van der Waals surface area contributed by atoms with Crippen LogP contribution in [0, 0.1) is 5.41 Å². The Morgan fingerprint density at radius 2 is 1.51 bits per heavy atom. The lowest BCUT2D eigenvalue weighted by Crippen LogP contribution is -2.62. The van der Waals surface area contributed by atoms with Crippen LogP contribution in [-0.2, 0) is 19.6 Å². The number of rotatable bonds is 8. The maximum atomic E-state index is 13.2. The van der Waals surface area contributed by atoms with E-state index in [2.05, 4.69) is 46.8 Å². The smallest absolute Gasteiger partial charge is 0.253 e. The van der Waals surface area contributed by atoms with Crippen molar-refractivity contribution in [3.63, 3.8) is 0 Å². The maximum absolute atomic E-state index is 13.2. The van der Waals surface area contributed by atoms with Crippen LogP contribution in [0.1, 0.15) is 72.5 Å². The predicted octanol–water partition coefficient (Wildman–Crippen LogP) is 4.21. The van der Waals surface area contributed by atoms with Gasteiger partial charge in [0.25, 0.3) is 5.91 Å². The van der Waals surface area contributed by atoms with E-state index in [0.717, 1.165) is 42.9 Å². The van der Waals surface area contributed by atoms with E-state index in [1.165, 1.54) is 63.6 Å². The number of benzene rings is 1. The molecule has 8 nitrogen and oxygen atoms in total. The molecule has 0 atom stereocenters. The SMILES string of the molecule is O=C(c1ccc(CN(Cc2ncc[nH]2)Cc2ncc[nH]2)cc1)N1CC2(CCN(C3CCCCC3)CC2)C1. The third-order valence-electron chi connectivity index (χ3n) is 8.75. The molecule has 0 radical (unpaired) electrons. The zero-order valence-corrected chi connectivity index (χ0v) is 21.7. The first-order valence-electron chi connectivity index (χ1n) is 14.0. The van der Waals surface area contributed by atoms with Crippen molar-refractivity contribution < 1.29 is 4.79 Å². The van der Waals surface area contributed by atoms with Gasteiger partial charge in [-0.2, -0.15) is 0 Å². The Morgan fingerprint density at radius 1 is 0.892 bits per heavy atom. The molecular formula is C29H39N7O. The molecule has 3 fully saturated rings. The molecule has 3 aliphatic rings. The van der Waals surface area contributed by atoms with Gasteiger partial charge < -0.3 is 19.8 Å². The number of piperidine rings is 1. The zero-order chi connectivity index (χ0) is 25.1. The van der Waals surface area contributed by atoms with E-state index in [0.29, 0.717) is 18.5 Å². The number of hydrogen-bond donors (Lipinski definition) is 2. The zero-order valence-electron chi connectivity index (χ0n) is 21.7. The van der Waals surface area contributed by atoms with Crippen LogP contribution in [0.4, 0.5) is 0 Å².